The molecule has 6 nitrogen and oxygen atoms in total. The maximum Gasteiger partial charge on any atom is 0.282 e. The number of carbonyl (C=O) groups excluding carboxylic acids is 2. The standard InChI is InChI=1S/C27H26N4O2/c1-19-11-12-22(18-20(19)2)31-26(32)24(21-8-4-3-5-9-21)25(27(31)33)30-16-14-29(15-17-30)23-10-6-7-13-28-23/h3-13,18H,14-17H2,1-2H3. The van der Waals surface area contributed by atoms with Crippen molar-refractivity contribution in [3.05, 3.63) is 95.3 Å². The summed E-state index contributed by atoms with van der Waals surface area (Å²) in [7, 11) is 0. The van der Waals surface area contributed by atoms with E-state index in [1.165, 1.54) is 4.90 Å². The summed E-state index contributed by atoms with van der Waals surface area (Å²) in [5, 5.41) is 0. The van der Waals surface area contributed by atoms with Crippen molar-refractivity contribution in [2.45, 2.75) is 13.8 Å². The number of pyridine rings is 1. The molecule has 1 saturated heterocycles. The van der Waals surface area contributed by atoms with Crippen molar-refractivity contribution in [2.24, 2.45) is 0 Å². The summed E-state index contributed by atoms with van der Waals surface area (Å²) in [6.07, 6.45) is 1.79. The number of piperazine rings is 1. The van der Waals surface area contributed by atoms with E-state index >= 15 is 0 Å². The zero-order valence-corrected chi connectivity index (χ0v) is 18.9. The third kappa shape index (κ3) is 3.78. The van der Waals surface area contributed by atoms with E-state index in [0.29, 0.717) is 30.0 Å². The molecule has 3 heterocycles. The Balaban J connectivity index is 1.50. The lowest BCUT2D eigenvalue weighted by molar-refractivity contribution is -0.120. The van der Waals surface area contributed by atoms with Gasteiger partial charge in [-0.15, -0.1) is 0 Å². The Morgan fingerprint density at radius 3 is 2.09 bits per heavy atom. The van der Waals surface area contributed by atoms with Gasteiger partial charge in [-0.2, -0.15) is 0 Å². The van der Waals surface area contributed by atoms with E-state index in [9.17, 15) is 9.59 Å². The molecule has 2 aliphatic heterocycles. The Bertz CT molecular complexity index is 1230. The maximum atomic E-state index is 13.7. The molecule has 1 fully saturated rings. The van der Waals surface area contributed by atoms with E-state index in [4.69, 9.17) is 0 Å². The SMILES string of the molecule is Cc1ccc(N2C(=O)C(c3ccccc3)=C(N3CCN(c4ccccn4)CC3)C2=O)cc1C. The number of hydrogen-bond donors (Lipinski definition) is 0. The van der Waals surface area contributed by atoms with Gasteiger partial charge in [-0.1, -0.05) is 42.5 Å². The van der Waals surface area contributed by atoms with Crippen LogP contribution < -0.4 is 9.80 Å². The number of aromatic nitrogens is 1. The average Bonchev–Trinajstić information content (AvgIpc) is 3.12. The van der Waals surface area contributed by atoms with Crippen LogP contribution in [0.5, 0.6) is 0 Å². The van der Waals surface area contributed by atoms with Crippen LogP contribution in [0.4, 0.5) is 11.5 Å². The molecule has 166 valence electrons. The van der Waals surface area contributed by atoms with Gasteiger partial charge in [0, 0.05) is 32.4 Å². The first kappa shape index (κ1) is 20.9. The normalized spacial score (nSPS) is 16.7. The van der Waals surface area contributed by atoms with Crippen LogP contribution >= 0.6 is 0 Å². The van der Waals surface area contributed by atoms with E-state index in [1.54, 1.807) is 6.20 Å². The summed E-state index contributed by atoms with van der Waals surface area (Å²) in [6.45, 7) is 6.76. The van der Waals surface area contributed by atoms with Gasteiger partial charge < -0.3 is 9.80 Å². The number of hydrogen-bond acceptors (Lipinski definition) is 5. The van der Waals surface area contributed by atoms with Crippen molar-refractivity contribution in [2.75, 3.05) is 36.0 Å². The van der Waals surface area contributed by atoms with Gasteiger partial charge in [0.25, 0.3) is 11.8 Å². The number of imide groups is 1. The first-order valence-corrected chi connectivity index (χ1v) is 11.2. The molecular formula is C27H26N4O2. The molecule has 6 heteroatoms. The first-order chi connectivity index (χ1) is 16.0. The summed E-state index contributed by atoms with van der Waals surface area (Å²) >= 11 is 0. The summed E-state index contributed by atoms with van der Waals surface area (Å²) in [5.74, 6) is 0.407. The minimum Gasteiger partial charge on any atom is -0.363 e. The molecule has 0 spiro atoms. The van der Waals surface area contributed by atoms with Crippen LogP contribution in [-0.4, -0.2) is 47.9 Å². The largest absolute Gasteiger partial charge is 0.363 e. The topological polar surface area (TPSA) is 56.8 Å². The molecule has 0 unspecified atom stereocenters. The molecule has 0 saturated carbocycles. The predicted octanol–water partition coefficient (Wildman–Crippen LogP) is 3.81. The van der Waals surface area contributed by atoms with Gasteiger partial charge in [-0.25, -0.2) is 9.88 Å². The van der Waals surface area contributed by atoms with E-state index in [-0.39, 0.29) is 11.8 Å². The lowest BCUT2D eigenvalue weighted by Crippen LogP contribution is -2.48. The average molecular weight is 439 g/mol. The van der Waals surface area contributed by atoms with Gasteiger partial charge >= 0.3 is 0 Å². The molecule has 2 aromatic carbocycles. The van der Waals surface area contributed by atoms with Crippen LogP contribution in [0.1, 0.15) is 16.7 Å². The van der Waals surface area contributed by atoms with Crippen LogP contribution in [-0.2, 0) is 9.59 Å². The van der Waals surface area contributed by atoms with Gasteiger partial charge in [0.1, 0.15) is 11.5 Å². The molecule has 3 aromatic rings. The molecule has 2 amide bonds. The molecule has 0 bridgehead atoms. The lowest BCUT2D eigenvalue weighted by atomic mass is 10.0. The molecule has 0 aliphatic carbocycles. The monoisotopic (exact) mass is 438 g/mol. The quantitative estimate of drug-likeness (QED) is 0.580. The molecule has 2 aliphatic rings. The van der Waals surface area contributed by atoms with Gasteiger partial charge in [-0.3, -0.25) is 9.59 Å². The Kier molecular flexibility index (Phi) is 5.42. The van der Waals surface area contributed by atoms with Crippen molar-refractivity contribution in [1.82, 2.24) is 9.88 Å². The lowest BCUT2D eigenvalue weighted by Gasteiger charge is -2.37. The van der Waals surface area contributed by atoms with Crippen molar-refractivity contribution >= 4 is 28.9 Å². The van der Waals surface area contributed by atoms with Crippen LogP contribution in [0.15, 0.2) is 78.6 Å². The molecular weight excluding hydrogens is 412 g/mol. The second-order valence-corrected chi connectivity index (χ2v) is 8.47. The van der Waals surface area contributed by atoms with Crippen molar-refractivity contribution in [3.63, 3.8) is 0 Å². The van der Waals surface area contributed by atoms with Crippen LogP contribution in [0, 0.1) is 13.8 Å². The first-order valence-electron chi connectivity index (χ1n) is 11.2. The highest BCUT2D eigenvalue weighted by molar-refractivity contribution is 6.45. The number of benzene rings is 2. The fourth-order valence-corrected chi connectivity index (χ4v) is 4.48. The molecule has 33 heavy (non-hydrogen) atoms. The van der Waals surface area contributed by atoms with Crippen LogP contribution in [0.2, 0.25) is 0 Å². The zero-order valence-electron chi connectivity index (χ0n) is 18.9. The number of rotatable bonds is 4. The number of carbonyl (C=O) groups is 2. The van der Waals surface area contributed by atoms with Crippen molar-refractivity contribution in [1.29, 1.82) is 0 Å². The molecule has 0 atom stereocenters. The number of nitrogens with zero attached hydrogens (tertiary/aromatic N) is 4. The third-order valence-electron chi connectivity index (χ3n) is 6.44. The predicted molar refractivity (Wildman–Crippen MR) is 130 cm³/mol. The zero-order chi connectivity index (χ0) is 22.9. The minimum absolute atomic E-state index is 0.256. The summed E-state index contributed by atoms with van der Waals surface area (Å²) < 4.78 is 0. The fourth-order valence-electron chi connectivity index (χ4n) is 4.48. The van der Waals surface area contributed by atoms with E-state index in [0.717, 1.165) is 35.6 Å². The van der Waals surface area contributed by atoms with Gasteiger partial charge in [0.2, 0.25) is 0 Å². The molecule has 1 aromatic heterocycles. The summed E-state index contributed by atoms with van der Waals surface area (Å²) in [6, 6.07) is 21.1. The maximum absolute atomic E-state index is 13.7. The van der Waals surface area contributed by atoms with Crippen LogP contribution in [0.25, 0.3) is 5.57 Å². The van der Waals surface area contributed by atoms with E-state index < -0.39 is 0 Å². The smallest absolute Gasteiger partial charge is 0.282 e. The van der Waals surface area contributed by atoms with Gasteiger partial charge in [0.15, 0.2) is 0 Å². The Morgan fingerprint density at radius 2 is 1.42 bits per heavy atom. The minimum atomic E-state index is -0.267. The highest BCUT2D eigenvalue weighted by Gasteiger charge is 2.43. The molecule has 0 radical (unpaired) electrons. The van der Waals surface area contributed by atoms with Gasteiger partial charge in [0.05, 0.1) is 11.3 Å². The Labute approximate surface area is 193 Å². The number of amides is 2. The highest BCUT2D eigenvalue weighted by Crippen LogP contribution is 2.35. The summed E-state index contributed by atoms with van der Waals surface area (Å²) in [4.78, 5) is 37.4. The van der Waals surface area contributed by atoms with Crippen LogP contribution in [0.3, 0.4) is 0 Å². The van der Waals surface area contributed by atoms with E-state index in [2.05, 4.69) is 14.8 Å². The van der Waals surface area contributed by atoms with E-state index in [1.807, 2.05) is 80.6 Å². The Morgan fingerprint density at radius 1 is 0.727 bits per heavy atom. The summed E-state index contributed by atoms with van der Waals surface area (Å²) in [5.41, 5.74) is 4.52. The number of aryl methyl sites for hydroxylation is 2. The Hall–Kier alpha value is -3.93. The molecule has 5 rings (SSSR count). The van der Waals surface area contributed by atoms with Crippen molar-refractivity contribution < 1.29 is 9.59 Å². The highest BCUT2D eigenvalue weighted by atomic mass is 16.2. The molecule has 0 N–H and O–H groups in total. The second-order valence-electron chi connectivity index (χ2n) is 8.47. The number of anilines is 2. The third-order valence-corrected chi connectivity index (χ3v) is 6.44. The fraction of sp³-hybridized carbons (Fsp3) is 0.222. The second kappa shape index (κ2) is 8.54. The van der Waals surface area contributed by atoms with Crippen molar-refractivity contribution in [3.8, 4) is 0 Å². The van der Waals surface area contributed by atoms with Gasteiger partial charge in [-0.05, 0) is 54.8 Å².